The van der Waals surface area contributed by atoms with Gasteiger partial charge in [-0.25, -0.2) is 0 Å². The van der Waals surface area contributed by atoms with Gasteiger partial charge in [-0.15, -0.1) is 0 Å². The van der Waals surface area contributed by atoms with E-state index in [9.17, 15) is 4.79 Å². The maximum atomic E-state index is 12.2. The molecular weight excluding hydrogens is 406 g/mol. The second kappa shape index (κ2) is 9.11. The van der Waals surface area contributed by atoms with Crippen LogP contribution in [0.2, 0.25) is 0 Å². The van der Waals surface area contributed by atoms with Crippen LogP contribution in [0.1, 0.15) is 10.4 Å². The molecule has 0 fully saturated rings. The topological polar surface area (TPSA) is 47.6 Å². The Labute approximate surface area is 166 Å². The van der Waals surface area contributed by atoms with Gasteiger partial charge < -0.3 is 14.8 Å². The first-order valence-corrected chi connectivity index (χ1v) is 9.16. The summed E-state index contributed by atoms with van der Waals surface area (Å²) < 4.78 is 11.6. The van der Waals surface area contributed by atoms with Gasteiger partial charge in [0.05, 0.1) is 19.2 Å². The highest BCUT2D eigenvalue weighted by Crippen LogP contribution is 2.25. The first kappa shape index (κ1) is 18.8. The smallest absolute Gasteiger partial charge is 0.253 e. The van der Waals surface area contributed by atoms with Gasteiger partial charge in [-0.1, -0.05) is 48.2 Å². The van der Waals surface area contributed by atoms with Crippen molar-refractivity contribution in [3.63, 3.8) is 0 Å². The molecule has 0 radical (unpaired) electrons. The van der Waals surface area contributed by atoms with Crippen molar-refractivity contribution in [3.8, 4) is 23.3 Å². The Morgan fingerprint density at radius 2 is 1.89 bits per heavy atom. The molecule has 1 amide bonds. The van der Waals surface area contributed by atoms with E-state index in [2.05, 4.69) is 33.1 Å². The van der Waals surface area contributed by atoms with E-state index < -0.39 is 0 Å². The Balaban J connectivity index is 1.53. The average molecular weight is 424 g/mol. The fourth-order valence-electron chi connectivity index (χ4n) is 2.57. The van der Waals surface area contributed by atoms with Gasteiger partial charge in [0.2, 0.25) is 0 Å². The second-order valence-corrected chi connectivity index (χ2v) is 6.50. The molecule has 4 nitrogen and oxygen atoms in total. The zero-order valence-corrected chi connectivity index (χ0v) is 16.4. The molecule has 0 aliphatic carbocycles. The van der Waals surface area contributed by atoms with Crippen LogP contribution in [0.25, 0.3) is 10.8 Å². The third kappa shape index (κ3) is 4.81. The minimum Gasteiger partial charge on any atom is -0.497 e. The monoisotopic (exact) mass is 423 g/mol. The molecule has 0 spiro atoms. The molecule has 0 aliphatic heterocycles. The molecule has 136 valence electrons. The maximum Gasteiger partial charge on any atom is 0.253 e. The minimum atomic E-state index is -0.218. The standard InChI is InChI=1S/C22H18BrNO3/c1-26-17-11-12-20(23)19(15-17)22(25)24-13-4-5-14-27-21-10-6-8-16-7-2-3-9-18(16)21/h2-3,6-12,15H,13-14H2,1H3,(H,24,25). The van der Waals surface area contributed by atoms with Gasteiger partial charge >= 0.3 is 0 Å². The van der Waals surface area contributed by atoms with Crippen molar-refractivity contribution in [1.82, 2.24) is 5.32 Å². The van der Waals surface area contributed by atoms with Crippen molar-refractivity contribution in [1.29, 1.82) is 0 Å². The Morgan fingerprint density at radius 1 is 1.07 bits per heavy atom. The lowest BCUT2D eigenvalue weighted by molar-refractivity contribution is 0.0957. The number of hydrogen-bond acceptors (Lipinski definition) is 3. The molecule has 3 aromatic carbocycles. The molecule has 0 aromatic heterocycles. The molecule has 0 saturated carbocycles. The second-order valence-electron chi connectivity index (χ2n) is 5.65. The van der Waals surface area contributed by atoms with E-state index in [4.69, 9.17) is 9.47 Å². The highest BCUT2D eigenvalue weighted by molar-refractivity contribution is 9.10. The van der Waals surface area contributed by atoms with Gasteiger partial charge in [0, 0.05) is 9.86 Å². The average Bonchev–Trinajstić information content (AvgIpc) is 2.70. The van der Waals surface area contributed by atoms with Crippen LogP contribution in [0.5, 0.6) is 11.5 Å². The van der Waals surface area contributed by atoms with Gasteiger partial charge in [-0.3, -0.25) is 4.79 Å². The largest absolute Gasteiger partial charge is 0.497 e. The molecule has 0 bridgehead atoms. The summed E-state index contributed by atoms with van der Waals surface area (Å²) in [5.41, 5.74) is 0.503. The fourth-order valence-corrected chi connectivity index (χ4v) is 3.00. The molecule has 3 aromatic rings. The molecule has 0 unspecified atom stereocenters. The van der Waals surface area contributed by atoms with E-state index in [0.717, 1.165) is 16.5 Å². The Kier molecular flexibility index (Phi) is 6.35. The van der Waals surface area contributed by atoms with Crippen molar-refractivity contribution >= 4 is 32.6 Å². The summed E-state index contributed by atoms with van der Waals surface area (Å²) in [7, 11) is 1.56. The van der Waals surface area contributed by atoms with Crippen molar-refractivity contribution in [2.24, 2.45) is 0 Å². The number of carbonyl (C=O) groups excluding carboxylic acids is 1. The predicted molar refractivity (Wildman–Crippen MR) is 110 cm³/mol. The van der Waals surface area contributed by atoms with Crippen molar-refractivity contribution in [3.05, 3.63) is 70.7 Å². The van der Waals surface area contributed by atoms with E-state index in [0.29, 0.717) is 15.8 Å². The van der Waals surface area contributed by atoms with E-state index in [1.807, 2.05) is 42.5 Å². The fraction of sp³-hybridized carbons (Fsp3) is 0.136. The first-order chi connectivity index (χ1) is 13.2. The molecule has 5 heteroatoms. The Hall–Kier alpha value is -2.97. The number of carbonyl (C=O) groups is 1. The third-order valence-corrected chi connectivity index (χ3v) is 4.62. The highest BCUT2D eigenvalue weighted by atomic mass is 79.9. The summed E-state index contributed by atoms with van der Waals surface area (Å²) in [5, 5.41) is 4.94. The third-order valence-electron chi connectivity index (χ3n) is 3.93. The number of benzene rings is 3. The van der Waals surface area contributed by atoms with E-state index in [1.54, 1.807) is 25.3 Å². The lowest BCUT2D eigenvalue weighted by atomic mass is 10.1. The Bertz CT molecular complexity index is 1020. The van der Waals surface area contributed by atoms with Gasteiger partial charge in [0.25, 0.3) is 5.91 Å². The normalized spacial score (nSPS) is 10.0. The van der Waals surface area contributed by atoms with E-state index in [-0.39, 0.29) is 19.1 Å². The number of ether oxygens (including phenoxy) is 2. The lowest BCUT2D eigenvalue weighted by Crippen LogP contribution is -2.24. The van der Waals surface area contributed by atoms with Crippen molar-refractivity contribution in [2.45, 2.75) is 0 Å². The molecule has 0 atom stereocenters. The SMILES string of the molecule is COc1ccc(Br)c(C(=O)NCC#CCOc2cccc3ccccc23)c1. The van der Waals surface area contributed by atoms with Crippen LogP contribution in [0.15, 0.2) is 65.1 Å². The molecule has 0 saturated heterocycles. The number of fused-ring (bicyclic) bond motifs is 1. The molecular formula is C22H18BrNO3. The maximum absolute atomic E-state index is 12.2. The van der Waals surface area contributed by atoms with Crippen molar-refractivity contribution in [2.75, 3.05) is 20.3 Å². The van der Waals surface area contributed by atoms with Crippen LogP contribution in [0.3, 0.4) is 0 Å². The van der Waals surface area contributed by atoms with Crippen molar-refractivity contribution < 1.29 is 14.3 Å². The highest BCUT2D eigenvalue weighted by Gasteiger charge is 2.10. The zero-order valence-electron chi connectivity index (χ0n) is 14.8. The molecule has 1 N–H and O–H groups in total. The first-order valence-electron chi connectivity index (χ1n) is 8.37. The number of halogens is 1. The van der Waals surface area contributed by atoms with Crippen LogP contribution < -0.4 is 14.8 Å². The summed E-state index contributed by atoms with van der Waals surface area (Å²) in [6.07, 6.45) is 0. The Morgan fingerprint density at radius 3 is 2.74 bits per heavy atom. The number of hydrogen-bond donors (Lipinski definition) is 1. The molecule has 0 heterocycles. The van der Waals surface area contributed by atoms with Gasteiger partial charge in [0.1, 0.15) is 18.1 Å². The minimum absolute atomic E-state index is 0.218. The number of rotatable bonds is 5. The predicted octanol–water partition coefficient (Wildman–Crippen LogP) is 4.42. The molecule has 27 heavy (non-hydrogen) atoms. The number of nitrogens with one attached hydrogen (secondary N) is 1. The van der Waals surface area contributed by atoms with Crippen LogP contribution in [-0.4, -0.2) is 26.2 Å². The zero-order chi connectivity index (χ0) is 19.1. The van der Waals surface area contributed by atoms with Gasteiger partial charge in [-0.2, -0.15) is 0 Å². The van der Waals surface area contributed by atoms with Gasteiger partial charge in [0.15, 0.2) is 0 Å². The van der Waals surface area contributed by atoms with E-state index >= 15 is 0 Å². The molecule has 0 aliphatic rings. The number of amides is 1. The summed E-state index contributed by atoms with van der Waals surface area (Å²) in [6, 6.07) is 19.2. The van der Waals surface area contributed by atoms with Crippen LogP contribution in [0.4, 0.5) is 0 Å². The lowest BCUT2D eigenvalue weighted by Gasteiger charge is -2.07. The summed E-state index contributed by atoms with van der Waals surface area (Å²) in [4.78, 5) is 12.2. The number of methoxy groups -OCH3 is 1. The van der Waals surface area contributed by atoms with Crippen LogP contribution in [-0.2, 0) is 0 Å². The summed E-state index contributed by atoms with van der Waals surface area (Å²) in [5.74, 6) is 7.02. The summed E-state index contributed by atoms with van der Waals surface area (Å²) in [6.45, 7) is 0.494. The van der Waals surface area contributed by atoms with Crippen LogP contribution in [0, 0.1) is 11.8 Å². The summed E-state index contributed by atoms with van der Waals surface area (Å²) >= 11 is 3.37. The quantitative estimate of drug-likeness (QED) is 0.617. The van der Waals surface area contributed by atoms with Crippen LogP contribution >= 0.6 is 15.9 Å². The molecule has 3 rings (SSSR count). The van der Waals surface area contributed by atoms with E-state index in [1.165, 1.54) is 0 Å². The van der Waals surface area contributed by atoms with Gasteiger partial charge in [-0.05, 0) is 45.6 Å².